The van der Waals surface area contributed by atoms with Crippen LogP contribution in [0.15, 0.2) is 42.5 Å². The van der Waals surface area contributed by atoms with Crippen molar-refractivity contribution in [2.45, 2.75) is 13.1 Å². The van der Waals surface area contributed by atoms with E-state index in [0.717, 1.165) is 11.6 Å². The van der Waals surface area contributed by atoms with Crippen molar-refractivity contribution in [3.05, 3.63) is 70.8 Å². The minimum atomic E-state index is -0.652. The van der Waals surface area contributed by atoms with E-state index in [4.69, 9.17) is 5.73 Å². The summed E-state index contributed by atoms with van der Waals surface area (Å²) >= 11 is 0. The Balaban J connectivity index is 2.22. The Morgan fingerprint density at radius 2 is 1.72 bits per heavy atom. The lowest BCUT2D eigenvalue weighted by Gasteiger charge is -2.25. The van der Waals surface area contributed by atoms with Gasteiger partial charge < -0.3 is 15.5 Å². The molecule has 4 nitrogen and oxygen atoms in total. The Morgan fingerprint density at radius 3 is 2.28 bits per heavy atom. The number of benzene rings is 2. The van der Waals surface area contributed by atoms with Crippen LogP contribution in [0.2, 0.25) is 0 Å². The number of rotatable bonds is 7. The average molecular weight is 347 g/mol. The molecule has 2 N–H and O–H groups in total. The lowest BCUT2D eigenvalue weighted by atomic mass is 10.1. The van der Waals surface area contributed by atoms with Crippen LogP contribution < -0.4 is 5.73 Å². The van der Waals surface area contributed by atoms with Crippen LogP contribution in [0.1, 0.15) is 21.5 Å². The summed E-state index contributed by atoms with van der Waals surface area (Å²) in [5.74, 6) is -1.49. The van der Waals surface area contributed by atoms with Gasteiger partial charge in [-0.1, -0.05) is 18.2 Å². The van der Waals surface area contributed by atoms with Gasteiger partial charge in [-0.25, -0.2) is 8.78 Å². The van der Waals surface area contributed by atoms with Crippen LogP contribution in [-0.4, -0.2) is 42.9 Å². The molecule has 2 aromatic rings. The van der Waals surface area contributed by atoms with Gasteiger partial charge in [-0.15, -0.1) is 0 Å². The molecule has 0 bridgehead atoms. The highest BCUT2D eigenvalue weighted by Crippen LogP contribution is 2.15. The number of likely N-dealkylation sites (N-methyl/N-ethyl adjacent to an activating group) is 1. The summed E-state index contributed by atoms with van der Waals surface area (Å²) in [4.78, 5) is 16.3. The van der Waals surface area contributed by atoms with Crippen molar-refractivity contribution >= 4 is 5.91 Å². The second-order valence-corrected chi connectivity index (χ2v) is 6.17. The van der Waals surface area contributed by atoms with E-state index in [-0.39, 0.29) is 18.0 Å². The molecule has 0 radical (unpaired) electrons. The van der Waals surface area contributed by atoms with Crippen LogP contribution in [0.5, 0.6) is 0 Å². The number of hydrogen-bond acceptors (Lipinski definition) is 3. The largest absolute Gasteiger partial charge is 0.333 e. The van der Waals surface area contributed by atoms with E-state index in [0.29, 0.717) is 25.2 Å². The molecule has 2 aromatic carbocycles. The predicted octanol–water partition coefficient (Wildman–Crippen LogP) is 2.63. The number of nitrogens with two attached hydrogens (primary N) is 1. The van der Waals surface area contributed by atoms with E-state index < -0.39 is 11.6 Å². The van der Waals surface area contributed by atoms with Gasteiger partial charge in [0.05, 0.1) is 0 Å². The Labute approximate surface area is 146 Å². The Hall–Kier alpha value is -2.31. The van der Waals surface area contributed by atoms with E-state index in [1.54, 1.807) is 29.2 Å². The molecule has 0 aliphatic carbocycles. The zero-order chi connectivity index (χ0) is 18.4. The van der Waals surface area contributed by atoms with Crippen LogP contribution in [0.4, 0.5) is 8.78 Å². The first kappa shape index (κ1) is 19.0. The fourth-order valence-corrected chi connectivity index (χ4v) is 2.39. The summed E-state index contributed by atoms with van der Waals surface area (Å²) in [6.45, 7) is 1.55. The number of nitrogens with zero attached hydrogens (tertiary/aromatic N) is 2. The molecule has 0 atom stereocenters. The van der Waals surface area contributed by atoms with Gasteiger partial charge in [-0.2, -0.15) is 0 Å². The zero-order valence-corrected chi connectivity index (χ0v) is 14.5. The molecule has 0 spiro atoms. The van der Waals surface area contributed by atoms with Crippen LogP contribution in [0.3, 0.4) is 0 Å². The summed E-state index contributed by atoms with van der Waals surface area (Å²) < 4.78 is 27.1. The molecular weight excluding hydrogens is 324 g/mol. The molecule has 0 heterocycles. The third kappa shape index (κ3) is 5.34. The van der Waals surface area contributed by atoms with Crippen LogP contribution in [-0.2, 0) is 13.1 Å². The molecule has 0 aromatic heterocycles. The molecule has 0 fully saturated rings. The zero-order valence-electron chi connectivity index (χ0n) is 14.5. The van der Waals surface area contributed by atoms with Crippen molar-refractivity contribution in [2.24, 2.45) is 5.73 Å². The molecule has 0 aliphatic heterocycles. The van der Waals surface area contributed by atoms with Crippen molar-refractivity contribution in [1.82, 2.24) is 9.80 Å². The van der Waals surface area contributed by atoms with Crippen molar-refractivity contribution in [2.75, 3.05) is 27.2 Å². The quantitative estimate of drug-likeness (QED) is 0.838. The lowest BCUT2D eigenvalue weighted by molar-refractivity contribution is 0.0730. The summed E-state index contributed by atoms with van der Waals surface area (Å²) in [5.41, 5.74) is 7.30. The molecule has 0 unspecified atom stereocenters. The molecule has 134 valence electrons. The van der Waals surface area contributed by atoms with E-state index in [2.05, 4.69) is 0 Å². The SMILES string of the molecule is CN(C)CCN(Cc1ccc(F)cc1F)C(=O)c1ccc(CN)cc1. The third-order valence-electron chi connectivity index (χ3n) is 3.92. The number of amides is 1. The Morgan fingerprint density at radius 1 is 1.04 bits per heavy atom. The maximum Gasteiger partial charge on any atom is 0.254 e. The van der Waals surface area contributed by atoms with Gasteiger partial charge in [-0.3, -0.25) is 4.79 Å². The minimum absolute atomic E-state index is 0.0808. The number of carbonyl (C=O) groups is 1. The minimum Gasteiger partial charge on any atom is -0.333 e. The predicted molar refractivity (Wildman–Crippen MR) is 94.0 cm³/mol. The lowest BCUT2D eigenvalue weighted by Crippen LogP contribution is -2.36. The van der Waals surface area contributed by atoms with Gasteiger partial charge in [-0.05, 0) is 37.9 Å². The molecule has 0 saturated heterocycles. The third-order valence-corrected chi connectivity index (χ3v) is 3.92. The average Bonchev–Trinajstić information content (AvgIpc) is 2.59. The highest BCUT2D eigenvalue weighted by Gasteiger charge is 2.18. The van der Waals surface area contributed by atoms with Crippen LogP contribution in [0.25, 0.3) is 0 Å². The molecule has 1 amide bonds. The second-order valence-electron chi connectivity index (χ2n) is 6.17. The fourth-order valence-electron chi connectivity index (χ4n) is 2.39. The first-order valence-corrected chi connectivity index (χ1v) is 8.07. The highest BCUT2D eigenvalue weighted by atomic mass is 19.1. The molecule has 0 aliphatic rings. The number of hydrogen-bond donors (Lipinski definition) is 1. The fraction of sp³-hybridized carbons (Fsp3) is 0.316. The van der Waals surface area contributed by atoms with Crippen molar-refractivity contribution in [3.63, 3.8) is 0 Å². The normalized spacial score (nSPS) is 11.0. The van der Waals surface area contributed by atoms with E-state index in [9.17, 15) is 13.6 Å². The van der Waals surface area contributed by atoms with Gasteiger partial charge in [0.1, 0.15) is 11.6 Å². The van der Waals surface area contributed by atoms with Gasteiger partial charge in [0.2, 0.25) is 0 Å². The molecular formula is C19H23F2N3O. The number of carbonyl (C=O) groups excluding carboxylic acids is 1. The first-order chi connectivity index (χ1) is 11.9. The Bertz CT molecular complexity index is 717. The summed E-state index contributed by atoms with van der Waals surface area (Å²) in [6, 6.07) is 10.4. The van der Waals surface area contributed by atoms with Gasteiger partial charge >= 0.3 is 0 Å². The van der Waals surface area contributed by atoms with Crippen LogP contribution >= 0.6 is 0 Å². The maximum atomic E-state index is 14.0. The summed E-state index contributed by atoms with van der Waals surface area (Å²) in [6.07, 6.45) is 0. The standard InChI is InChI=1S/C19H23F2N3O/c1-23(2)9-10-24(13-16-7-8-17(20)11-18(16)21)19(25)15-5-3-14(12-22)4-6-15/h3-8,11H,9-10,12-13,22H2,1-2H3. The Kier molecular flexibility index (Phi) is 6.61. The topological polar surface area (TPSA) is 49.6 Å². The van der Waals surface area contributed by atoms with E-state index in [1.807, 2.05) is 19.0 Å². The van der Waals surface area contributed by atoms with Crippen molar-refractivity contribution in [3.8, 4) is 0 Å². The first-order valence-electron chi connectivity index (χ1n) is 8.07. The van der Waals surface area contributed by atoms with E-state index >= 15 is 0 Å². The second kappa shape index (κ2) is 8.69. The summed E-state index contributed by atoms with van der Waals surface area (Å²) in [7, 11) is 3.80. The van der Waals surface area contributed by atoms with E-state index in [1.165, 1.54) is 12.1 Å². The maximum absolute atomic E-state index is 14.0. The molecule has 6 heteroatoms. The van der Waals surface area contributed by atoms with Crippen molar-refractivity contribution < 1.29 is 13.6 Å². The number of halogens is 2. The highest BCUT2D eigenvalue weighted by molar-refractivity contribution is 5.94. The molecule has 0 saturated carbocycles. The van der Waals surface area contributed by atoms with Crippen LogP contribution in [0, 0.1) is 11.6 Å². The smallest absolute Gasteiger partial charge is 0.254 e. The van der Waals surface area contributed by atoms with Gasteiger partial charge in [0, 0.05) is 43.4 Å². The monoisotopic (exact) mass is 347 g/mol. The van der Waals surface area contributed by atoms with Gasteiger partial charge in [0.15, 0.2) is 0 Å². The summed E-state index contributed by atoms with van der Waals surface area (Å²) in [5, 5.41) is 0. The molecule has 2 rings (SSSR count). The van der Waals surface area contributed by atoms with Crippen molar-refractivity contribution in [1.29, 1.82) is 0 Å². The van der Waals surface area contributed by atoms with Gasteiger partial charge in [0.25, 0.3) is 5.91 Å². The molecule has 25 heavy (non-hydrogen) atoms.